The van der Waals surface area contributed by atoms with Crippen LogP contribution in [0.4, 0.5) is 10.1 Å². The van der Waals surface area contributed by atoms with Gasteiger partial charge in [0.1, 0.15) is 11.5 Å². The number of aromatic nitrogens is 1. The molecule has 1 aliphatic heterocycles. The Morgan fingerprint density at radius 2 is 2.00 bits per heavy atom. The number of ether oxygens (including phenoxy) is 2. The van der Waals surface area contributed by atoms with Crippen LogP contribution in [-0.4, -0.2) is 17.3 Å². The Kier molecular flexibility index (Phi) is 4.02. The predicted octanol–water partition coefficient (Wildman–Crippen LogP) is 4.87. The van der Waals surface area contributed by atoms with Crippen molar-refractivity contribution in [3.8, 4) is 11.5 Å². The number of carbonyl (C=O) groups excluding carboxylic acids is 1. The van der Waals surface area contributed by atoms with E-state index < -0.39 is 0 Å². The zero-order valence-electron chi connectivity index (χ0n) is 14.6. The maximum absolute atomic E-state index is 13.6. The Balaban J connectivity index is 1.48. The molecule has 1 amide bonds. The van der Waals surface area contributed by atoms with Gasteiger partial charge >= 0.3 is 0 Å². The Morgan fingerprint density at radius 1 is 1.11 bits per heavy atom. The maximum atomic E-state index is 13.6. The molecule has 2 aromatic heterocycles. The molecule has 0 saturated carbocycles. The quantitative estimate of drug-likeness (QED) is 0.537. The summed E-state index contributed by atoms with van der Waals surface area (Å²) in [5.41, 5.74) is 2.88. The van der Waals surface area contributed by atoms with E-state index in [1.807, 2.05) is 28.1 Å². The smallest absolute Gasteiger partial charge is 0.272 e. The molecule has 0 radical (unpaired) electrons. The van der Waals surface area contributed by atoms with Gasteiger partial charge in [0.15, 0.2) is 11.5 Å². The molecule has 2 aromatic carbocycles. The van der Waals surface area contributed by atoms with E-state index in [9.17, 15) is 9.18 Å². The van der Waals surface area contributed by atoms with Crippen molar-refractivity contribution in [3.63, 3.8) is 0 Å². The van der Waals surface area contributed by atoms with E-state index in [2.05, 4.69) is 5.32 Å². The lowest BCUT2D eigenvalue weighted by Crippen LogP contribution is -2.17. The average Bonchev–Trinajstić information content (AvgIpc) is 3.38. The van der Waals surface area contributed by atoms with Crippen molar-refractivity contribution >= 4 is 33.1 Å². The molecule has 28 heavy (non-hydrogen) atoms. The minimum Gasteiger partial charge on any atom is -0.454 e. The fraction of sp³-hybridized carbons (Fsp3) is 0.0952. The molecule has 0 spiro atoms. The molecule has 1 aliphatic rings. The largest absolute Gasteiger partial charge is 0.454 e. The van der Waals surface area contributed by atoms with Gasteiger partial charge in [-0.2, -0.15) is 0 Å². The molecule has 0 aliphatic carbocycles. The molecule has 5 nitrogen and oxygen atoms in total. The summed E-state index contributed by atoms with van der Waals surface area (Å²) in [6.07, 6.45) is 0. The third-order valence-corrected chi connectivity index (χ3v) is 5.47. The van der Waals surface area contributed by atoms with E-state index in [1.54, 1.807) is 35.6 Å². The van der Waals surface area contributed by atoms with Crippen LogP contribution in [0.2, 0.25) is 0 Å². The number of carbonyl (C=O) groups is 1. The molecule has 0 saturated heterocycles. The van der Waals surface area contributed by atoms with Gasteiger partial charge in [0.25, 0.3) is 5.91 Å². The van der Waals surface area contributed by atoms with Gasteiger partial charge in [0, 0.05) is 18.3 Å². The molecule has 0 atom stereocenters. The summed E-state index contributed by atoms with van der Waals surface area (Å²) in [6.45, 7) is 0.585. The highest BCUT2D eigenvalue weighted by Gasteiger charge is 2.19. The number of rotatable bonds is 4. The van der Waals surface area contributed by atoms with Crippen molar-refractivity contribution in [2.75, 3.05) is 12.1 Å². The molecule has 4 aromatic rings. The number of fused-ring (bicyclic) bond motifs is 2. The van der Waals surface area contributed by atoms with E-state index in [-0.39, 0.29) is 18.5 Å². The zero-order chi connectivity index (χ0) is 19.1. The summed E-state index contributed by atoms with van der Waals surface area (Å²) in [5, 5.41) is 4.89. The van der Waals surface area contributed by atoms with Gasteiger partial charge in [0.2, 0.25) is 6.79 Å². The van der Waals surface area contributed by atoms with Gasteiger partial charge in [-0.25, -0.2) is 4.39 Å². The average molecular weight is 394 g/mol. The number of thiophene rings is 1. The van der Waals surface area contributed by atoms with E-state index >= 15 is 0 Å². The fourth-order valence-corrected chi connectivity index (χ4v) is 4.15. The fourth-order valence-electron chi connectivity index (χ4n) is 3.32. The first-order valence-electron chi connectivity index (χ1n) is 8.69. The predicted molar refractivity (Wildman–Crippen MR) is 106 cm³/mol. The number of amides is 1. The lowest BCUT2D eigenvalue weighted by atomic mass is 10.2. The van der Waals surface area contributed by atoms with Crippen molar-refractivity contribution in [3.05, 3.63) is 77.1 Å². The molecular weight excluding hydrogens is 379 g/mol. The highest BCUT2D eigenvalue weighted by Crippen LogP contribution is 2.34. The van der Waals surface area contributed by atoms with Crippen molar-refractivity contribution in [1.29, 1.82) is 0 Å². The first-order chi connectivity index (χ1) is 13.7. The van der Waals surface area contributed by atoms with E-state index in [0.717, 1.165) is 15.8 Å². The van der Waals surface area contributed by atoms with Gasteiger partial charge in [-0.05, 0) is 47.3 Å². The molecular formula is C21H15FN2O3S. The monoisotopic (exact) mass is 394 g/mol. The van der Waals surface area contributed by atoms with Crippen LogP contribution in [0.3, 0.4) is 0 Å². The second-order valence-electron chi connectivity index (χ2n) is 6.44. The highest BCUT2D eigenvalue weighted by atomic mass is 32.1. The number of nitrogens with one attached hydrogen (secondary N) is 1. The first-order valence-corrected chi connectivity index (χ1v) is 9.57. The Hall–Kier alpha value is -3.32. The Labute approximate surface area is 163 Å². The number of hydrogen-bond donors (Lipinski definition) is 1. The van der Waals surface area contributed by atoms with Gasteiger partial charge in [-0.3, -0.25) is 4.79 Å². The lowest BCUT2D eigenvalue weighted by molar-refractivity contribution is 0.101. The number of benzene rings is 2. The topological polar surface area (TPSA) is 52.5 Å². The van der Waals surface area contributed by atoms with E-state index in [4.69, 9.17) is 9.47 Å². The van der Waals surface area contributed by atoms with Crippen LogP contribution in [0.5, 0.6) is 11.5 Å². The number of anilines is 1. The number of nitrogens with zero attached hydrogens (tertiary/aromatic N) is 1. The molecule has 0 fully saturated rings. The third kappa shape index (κ3) is 2.99. The zero-order valence-corrected chi connectivity index (χ0v) is 15.5. The molecule has 5 rings (SSSR count). The van der Waals surface area contributed by atoms with Crippen LogP contribution in [0, 0.1) is 5.82 Å². The standard InChI is InChI=1S/C21H15FN2O3S/c22-14-3-1-2-13(8-14)11-24-16-6-7-28-20(16)10-17(24)21(25)23-15-4-5-18-19(9-15)27-12-26-18/h1-10H,11-12H2,(H,23,25). The Morgan fingerprint density at radius 3 is 2.89 bits per heavy atom. The number of hydrogen-bond acceptors (Lipinski definition) is 4. The summed E-state index contributed by atoms with van der Waals surface area (Å²) in [5.74, 6) is 0.734. The molecule has 1 N–H and O–H groups in total. The minimum absolute atomic E-state index is 0.180. The summed E-state index contributed by atoms with van der Waals surface area (Å²) >= 11 is 1.56. The summed E-state index contributed by atoms with van der Waals surface area (Å²) < 4.78 is 27.2. The molecule has 0 bridgehead atoms. The molecule has 0 unspecified atom stereocenters. The second kappa shape index (κ2) is 6.69. The van der Waals surface area contributed by atoms with Crippen molar-refractivity contribution in [2.24, 2.45) is 0 Å². The molecule has 7 heteroatoms. The van der Waals surface area contributed by atoms with Crippen LogP contribution < -0.4 is 14.8 Å². The molecule has 140 valence electrons. The Bertz CT molecular complexity index is 1200. The van der Waals surface area contributed by atoms with Crippen LogP contribution in [0.1, 0.15) is 16.1 Å². The van der Waals surface area contributed by atoms with E-state index in [1.165, 1.54) is 12.1 Å². The van der Waals surface area contributed by atoms with Crippen LogP contribution >= 0.6 is 11.3 Å². The summed E-state index contributed by atoms with van der Waals surface area (Å²) in [7, 11) is 0. The molecule has 3 heterocycles. The lowest BCUT2D eigenvalue weighted by Gasteiger charge is -2.11. The van der Waals surface area contributed by atoms with Crippen LogP contribution in [0.25, 0.3) is 10.2 Å². The van der Waals surface area contributed by atoms with Crippen LogP contribution in [0.15, 0.2) is 60.0 Å². The van der Waals surface area contributed by atoms with Gasteiger partial charge < -0.3 is 19.4 Å². The normalized spacial score (nSPS) is 12.5. The first kappa shape index (κ1) is 16.8. The second-order valence-corrected chi connectivity index (χ2v) is 7.39. The van der Waals surface area contributed by atoms with Crippen molar-refractivity contribution in [2.45, 2.75) is 6.54 Å². The van der Waals surface area contributed by atoms with Gasteiger partial charge in [-0.15, -0.1) is 11.3 Å². The third-order valence-electron chi connectivity index (χ3n) is 4.62. The minimum atomic E-state index is -0.294. The van der Waals surface area contributed by atoms with Crippen LogP contribution in [-0.2, 0) is 6.54 Å². The van der Waals surface area contributed by atoms with Gasteiger partial charge in [-0.1, -0.05) is 12.1 Å². The summed E-state index contributed by atoms with van der Waals surface area (Å²) in [4.78, 5) is 13.0. The van der Waals surface area contributed by atoms with E-state index in [0.29, 0.717) is 29.4 Å². The maximum Gasteiger partial charge on any atom is 0.272 e. The summed E-state index contributed by atoms with van der Waals surface area (Å²) in [6, 6.07) is 15.5. The number of halogens is 1. The van der Waals surface area contributed by atoms with Crippen molar-refractivity contribution < 1.29 is 18.7 Å². The SMILES string of the molecule is O=C(Nc1ccc2c(c1)OCO2)c1cc2sccc2n1Cc1cccc(F)c1. The van der Waals surface area contributed by atoms with Gasteiger partial charge in [0.05, 0.1) is 10.2 Å². The van der Waals surface area contributed by atoms with Crippen molar-refractivity contribution in [1.82, 2.24) is 4.57 Å². The highest BCUT2D eigenvalue weighted by molar-refractivity contribution is 7.17.